The van der Waals surface area contributed by atoms with E-state index in [0.29, 0.717) is 12.3 Å². The van der Waals surface area contributed by atoms with Gasteiger partial charge in [0.2, 0.25) is 5.91 Å². The Morgan fingerprint density at radius 3 is 2.33 bits per heavy atom. The van der Waals surface area contributed by atoms with Crippen molar-refractivity contribution in [2.75, 3.05) is 32.7 Å². The molecule has 36 heavy (non-hydrogen) atoms. The van der Waals surface area contributed by atoms with Crippen molar-refractivity contribution in [3.05, 3.63) is 71.9 Å². The van der Waals surface area contributed by atoms with Crippen LogP contribution < -0.4 is 16.0 Å². The van der Waals surface area contributed by atoms with Crippen molar-refractivity contribution in [3.63, 3.8) is 0 Å². The van der Waals surface area contributed by atoms with Crippen LogP contribution in [0.25, 0.3) is 10.9 Å². The highest BCUT2D eigenvalue weighted by atomic mass is 35.5. The van der Waals surface area contributed by atoms with Gasteiger partial charge in [0.15, 0.2) is 0 Å². The van der Waals surface area contributed by atoms with E-state index in [4.69, 9.17) is 0 Å². The molecule has 0 spiro atoms. The highest BCUT2D eigenvalue weighted by Crippen LogP contribution is 2.38. The SMILES string of the molecule is Cl.O=C(CC(c1cn(Cc2ccccc2)c2ccccc12)C1CCNCC1)NCCC1CCNCC1. The maximum atomic E-state index is 13.2. The van der Waals surface area contributed by atoms with Crippen LogP contribution in [-0.2, 0) is 11.3 Å². The topological polar surface area (TPSA) is 58.1 Å². The third-order valence-corrected chi connectivity index (χ3v) is 8.11. The van der Waals surface area contributed by atoms with Gasteiger partial charge in [0.1, 0.15) is 0 Å². The maximum Gasteiger partial charge on any atom is 0.220 e. The zero-order valence-electron chi connectivity index (χ0n) is 21.3. The Hall–Kier alpha value is -2.34. The first-order valence-electron chi connectivity index (χ1n) is 13.6. The summed E-state index contributed by atoms with van der Waals surface area (Å²) in [6.07, 6.45) is 8.74. The summed E-state index contributed by atoms with van der Waals surface area (Å²) in [5, 5.41) is 11.5. The molecule has 3 N–H and O–H groups in total. The van der Waals surface area contributed by atoms with Crippen molar-refractivity contribution < 1.29 is 4.79 Å². The number of nitrogens with zero attached hydrogens (tertiary/aromatic N) is 1. The first-order chi connectivity index (χ1) is 17.3. The minimum atomic E-state index is 0. The van der Waals surface area contributed by atoms with Gasteiger partial charge in [-0.3, -0.25) is 4.79 Å². The second-order valence-corrected chi connectivity index (χ2v) is 10.4. The lowest BCUT2D eigenvalue weighted by molar-refractivity contribution is -0.121. The van der Waals surface area contributed by atoms with Crippen LogP contribution in [0.15, 0.2) is 60.8 Å². The molecular weight excluding hydrogens is 468 g/mol. The number of carbonyl (C=O) groups is 1. The van der Waals surface area contributed by atoms with E-state index < -0.39 is 0 Å². The fourth-order valence-corrected chi connectivity index (χ4v) is 6.12. The van der Waals surface area contributed by atoms with Crippen molar-refractivity contribution in [1.29, 1.82) is 0 Å². The maximum absolute atomic E-state index is 13.2. The largest absolute Gasteiger partial charge is 0.356 e. The molecule has 2 aromatic carbocycles. The Kier molecular flexibility index (Phi) is 9.85. The molecule has 1 unspecified atom stereocenters. The molecule has 0 radical (unpaired) electrons. The van der Waals surface area contributed by atoms with E-state index in [-0.39, 0.29) is 24.2 Å². The third kappa shape index (κ3) is 6.70. The zero-order valence-corrected chi connectivity index (χ0v) is 22.1. The summed E-state index contributed by atoms with van der Waals surface area (Å²) in [5.41, 5.74) is 3.91. The summed E-state index contributed by atoms with van der Waals surface area (Å²) in [5.74, 6) is 1.73. The van der Waals surface area contributed by atoms with Gasteiger partial charge in [-0.1, -0.05) is 48.5 Å². The number of para-hydroxylation sites is 1. The highest BCUT2D eigenvalue weighted by Gasteiger charge is 2.29. The molecule has 2 aliphatic heterocycles. The minimum absolute atomic E-state index is 0. The number of nitrogens with one attached hydrogen (secondary N) is 3. The Morgan fingerprint density at radius 2 is 1.58 bits per heavy atom. The summed E-state index contributed by atoms with van der Waals surface area (Å²) in [7, 11) is 0. The molecule has 2 saturated heterocycles. The molecular formula is C30H41ClN4O. The van der Waals surface area contributed by atoms with Crippen LogP contribution in [0.1, 0.15) is 55.6 Å². The molecule has 0 bridgehead atoms. The average molecular weight is 509 g/mol. The van der Waals surface area contributed by atoms with Crippen molar-refractivity contribution in [2.24, 2.45) is 11.8 Å². The smallest absolute Gasteiger partial charge is 0.220 e. The normalized spacial score (nSPS) is 18.0. The van der Waals surface area contributed by atoms with Gasteiger partial charge >= 0.3 is 0 Å². The third-order valence-electron chi connectivity index (χ3n) is 8.11. The van der Waals surface area contributed by atoms with Crippen LogP contribution in [0.2, 0.25) is 0 Å². The van der Waals surface area contributed by atoms with Crippen LogP contribution in [0.5, 0.6) is 0 Å². The molecule has 1 amide bonds. The molecule has 5 rings (SSSR count). The second-order valence-electron chi connectivity index (χ2n) is 10.4. The lowest BCUT2D eigenvalue weighted by Crippen LogP contribution is -2.34. The van der Waals surface area contributed by atoms with E-state index in [9.17, 15) is 4.79 Å². The van der Waals surface area contributed by atoms with E-state index in [1.165, 1.54) is 34.9 Å². The number of aromatic nitrogens is 1. The average Bonchev–Trinajstić information content (AvgIpc) is 3.27. The number of fused-ring (bicyclic) bond motifs is 1. The lowest BCUT2D eigenvalue weighted by Gasteiger charge is -2.30. The van der Waals surface area contributed by atoms with Gasteiger partial charge in [0.05, 0.1) is 0 Å². The number of amides is 1. The predicted octanol–water partition coefficient (Wildman–Crippen LogP) is 5.09. The fraction of sp³-hybridized carbons (Fsp3) is 0.500. The second kappa shape index (κ2) is 13.3. The number of carbonyl (C=O) groups excluding carboxylic acids is 1. The van der Waals surface area contributed by atoms with Gasteiger partial charge < -0.3 is 20.5 Å². The Morgan fingerprint density at radius 1 is 0.917 bits per heavy atom. The molecule has 3 aromatic rings. The van der Waals surface area contributed by atoms with Crippen LogP contribution in [0.4, 0.5) is 0 Å². The fourth-order valence-electron chi connectivity index (χ4n) is 6.12. The number of benzene rings is 2. The van der Waals surface area contributed by atoms with Crippen LogP contribution in [0.3, 0.4) is 0 Å². The molecule has 0 saturated carbocycles. The van der Waals surface area contributed by atoms with Gasteiger partial charge in [-0.25, -0.2) is 0 Å². The van der Waals surface area contributed by atoms with Crippen LogP contribution in [0, 0.1) is 11.8 Å². The van der Waals surface area contributed by atoms with Gasteiger partial charge in [0.25, 0.3) is 0 Å². The summed E-state index contributed by atoms with van der Waals surface area (Å²) in [6, 6.07) is 19.4. The van der Waals surface area contributed by atoms with Gasteiger partial charge in [-0.15, -0.1) is 12.4 Å². The standard InChI is InChI=1S/C30H40N4O.ClH/c35-30(33-19-12-23-10-15-31-16-11-23)20-27(25-13-17-32-18-14-25)28-22-34(21-24-6-2-1-3-7-24)29-9-5-4-8-26(28)29;/h1-9,22-23,25,27,31-32H,10-21H2,(H,33,35);1H. The number of piperidine rings is 2. The van der Waals surface area contributed by atoms with E-state index >= 15 is 0 Å². The monoisotopic (exact) mass is 508 g/mol. The molecule has 194 valence electrons. The summed E-state index contributed by atoms with van der Waals surface area (Å²) < 4.78 is 2.38. The van der Waals surface area contributed by atoms with Crippen molar-refractivity contribution in [1.82, 2.24) is 20.5 Å². The van der Waals surface area contributed by atoms with Gasteiger partial charge in [-0.05, 0) is 93.2 Å². The number of rotatable bonds is 9. The zero-order chi connectivity index (χ0) is 23.9. The molecule has 0 aliphatic carbocycles. The van der Waals surface area contributed by atoms with E-state index in [0.717, 1.165) is 64.4 Å². The van der Waals surface area contributed by atoms with Crippen molar-refractivity contribution in [3.8, 4) is 0 Å². The molecule has 2 aliphatic rings. The number of halogens is 1. The summed E-state index contributed by atoms with van der Waals surface area (Å²) in [4.78, 5) is 13.2. The summed E-state index contributed by atoms with van der Waals surface area (Å²) >= 11 is 0. The molecule has 2 fully saturated rings. The number of hydrogen-bond donors (Lipinski definition) is 3. The first kappa shape index (κ1) is 26.7. The minimum Gasteiger partial charge on any atom is -0.356 e. The van der Waals surface area contributed by atoms with Gasteiger partial charge in [-0.2, -0.15) is 0 Å². The van der Waals surface area contributed by atoms with E-state index in [2.05, 4.69) is 81.3 Å². The predicted molar refractivity (Wildman–Crippen MR) is 151 cm³/mol. The molecule has 6 heteroatoms. The number of hydrogen-bond acceptors (Lipinski definition) is 3. The quantitative estimate of drug-likeness (QED) is 0.377. The van der Waals surface area contributed by atoms with Crippen LogP contribution in [-0.4, -0.2) is 43.2 Å². The Balaban J connectivity index is 0.00000304. The molecule has 1 aromatic heterocycles. The molecule has 1 atom stereocenters. The molecule has 3 heterocycles. The Bertz CT molecular complexity index is 1090. The Labute approximate surface area is 221 Å². The van der Waals surface area contributed by atoms with Crippen molar-refractivity contribution in [2.45, 2.75) is 51.0 Å². The van der Waals surface area contributed by atoms with Gasteiger partial charge in [0, 0.05) is 36.6 Å². The van der Waals surface area contributed by atoms with Crippen LogP contribution >= 0.6 is 12.4 Å². The highest BCUT2D eigenvalue weighted by molar-refractivity contribution is 5.86. The first-order valence-corrected chi connectivity index (χ1v) is 13.6. The lowest BCUT2D eigenvalue weighted by atomic mass is 9.78. The van der Waals surface area contributed by atoms with E-state index in [1.807, 2.05) is 0 Å². The van der Waals surface area contributed by atoms with Crippen molar-refractivity contribution >= 4 is 29.2 Å². The summed E-state index contributed by atoms with van der Waals surface area (Å²) in [6.45, 7) is 5.97. The molecule has 5 nitrogen and oxygen atoms in total. The van der Waals surface area contributed by atoms with E-state index in [1.54, 1.807) is 0 Å².